The van der Waals surface area contributed by atoms with Gasteiger partial charge in [-0.2, -0.15) is 35.1 Å². The zero-order valence-electron chi connectivity index (χ0n) is 20.2. The zero-order valence-corrected chi connectivity index (χ0v) is 21.1. The Kier molecular flexibility index (Phi) is 9.12. The molecule has 210 valence electrons. The molecule has 1 saturated carbocycles. The van der Waals surface area contributed by atoms with E-state index in [1.165, 1.54) is 18.2 Å². The van der Waals surface area contributed by atoms with E-state index in [0.29, 0.717) is 18.4 Å². The van der Waals surface area contributed by atoms with Gasteiger partial charge in [0.15, 0.2) is 11.5 Å². The van der Waals surface area contributed by atoms with Gasteiger partial charge in [0.2, 0.25) is 0 Å². The lowest BCUT2D eigenvalue weighted by Crippen LogP contribution is -2.53. The largest absolute Gasteiger partial charge is 0.487 e. The number of aromatic nitrogens is 1. The van der Waals surface area contributed by atoms with E-state index in [-0.39, 0.29) is 40.2 Å². The van der Waals surface area contributed by atoms with Gasteiger partial charge in [-0.05, 0) is 57.2 Å². The number of rotatable bonds is 10. The minimum Gasteiger partial charge on any atom is -0.487 e. The number of benzene rings is 1. The molecule has 1 N–H and O–H groups in total. The van der Waals surface area contributed by atoms with Crippen molar-refractivity contribution in [3.05, 3.63) is 63.6 Å². The molecule has 13 heteroatoms. The molecule has 1 unspecified atom stereocenters. The van der Waals surface area contributed by atoms with Crippen LogP contribution in [0, 0.1) is 0 Å². The topological polar surface area (TPSA) is 51.6 Å². The minimum atomic E-state index is -6.07. The van der Waals surface area contributed by atoms with Gasteiger partial charge in [0, 0.05) is 17.0 Å². The maximum absolute atomic E-state index is 13.4. The van der Waals surface area contributed by atoms with Gasteiger partial charge in [0.05, 0.1) is 6.10 Å². The number of nitrogens with zero attached hydrogens (tertiary/aromatic N) is 1. The number of hydrogen-bond donors (Lipinski definition) is 1. The maximum Gasteiger partial charge on any atom is 0.433 e. The van der Waals surface area contributed by atoms with E-state index >= 15 is 0 Å². The minimum absolute atomic E-state index is 0.00252. The Morgan fingerprint density at radius 3 is 2.32 bits per heavy atom. The van der Waals surface area contributed by atoms with Crippen molar-refractivity contribution in [1.29, 1.82) is 0 Å². The standard InChI is InChI=1S/C25H25F8NO3S/c1-3-4-6-14(2)11-17(20-13-34-21(38-20)23(35,24(28,29)30)25(31,32)33)15-9-10-18(37-22(26)27)19(12-15)36-16-7-5-8-16/h3-4,6,9-10,12-13,16-17,22,35H,5,7-8,11H2,1-2H3/b4-3-,14-6+. The van der Waals surface area contributed by atoms with Crippen LogP contribution >= 0.6 is 11.3 Å². The number of allylic oxidation sites excluding steroid dienone is 4. The van der Waals surface area contributed by atoms with Crippen LogP contribution in [0.1, 0.15) is 60.9 Å². The number of halogens is 8. The molecule has 0 amide bonds. The van der Waals surface area contributed by atoms with Gasteiger partial charge < -0.3 is 14.6 Å². The fraction of sp³-hybridized carbons (Fsp3) is 0.480. The van der Waals surface area contributed by atoms with E-state index in [0.717, 1.165) is 18.2 Å². The first-order chi connectivity index (χ1) is 17.7. The first-order valence-corrected chi connectivity index (χ1v) is 12.3. The van der Waals surface area contributed by atoms with Crippen LogP contribution in [-0.4, -0.2) is 35.2 Å². The average molecular weight is 572 g/mol. The molecule has 1 aromatic heterocycles. The molecule has 4 nitrogen and oxygen atoms in total. The normalized spacial score (nSPS) is 16.7. The second-order valence-electron chi connectivity index (χ2n) is 8.82. The Labute approximate surface area is 217 Å². The third-order valence-electron chi connectivity index (χ3n) is 6.03. The summed E-state index contributed by atoms with van der Waals surface area (Å²) in [5.74, 6) is -1.10. The van der Waals surface area contributed by atoms with E-state index in [9.17, 15) is 40.2 Å². The van der Waals surface area contributed by atoms with Crippen molar-refractivity contribution < 1.29 is 49.7 Å². The summed E-state index contributed by atoms with van der Waals surface area (Å²) in [6.07, 6.45) is -3.95. The Morgan fingerprint density at radius 1 is 1.13 bits per heavy atom. The monoisotopic (exact) mass is 571 g/mol. The van der Waals surface area contributed by atoms with Crippen molar-refractivity contribution in [2.75, 3.05) is 0 Å². The lowest BCUT2D eigenvalue weighted by molar-refractivity contribution is -0.376. The lowest BCUT2D eigenvalue weighted by Gasteiger charge is -2.30. The summed E-state index contributed by atoms with van der Waals surface area (Å²) in [7, 11) is 0. The van der Waals surface area contributed by atoms with Gasteiger partial charge in [-0.15, -0.1) is 11.3 Å². The molecule has 1 aromatic carbocycles. The van der Waals surface area contributed by atoms with Crippen LogP contribution in [-0.2, 0) is 5.60 Å². The van der Waals surface area contributed by atoms with Gasteiger partial charge in [-0.1, -0.05) is 29.9 Å². The molecule has 0 saturated heterocycles. The van der Waals surface area contributed by atoms with Crippen molar-refractivity contribution in [2.45, 2.75) is 76.1 Å². The first kappa shape index (κ1) is 29.9. The molecule has 0 spiro atoms. The molecule has 1 heterocycles. The van der Waals surface area contributed by atoms with Crippen molar-refractivity contribution in [3.63, 3.8) is 0 Å². The lowest BCUT2D eigenvalue weighted by atomic mass is 9.90. The van der Waals surface area contributed by atoms with Gasteiger partial charge in [-0.25, -0.2) is 4.98 Å². The van der Waals surface area contributed by atoms with E-state index in [2.05, 4.69) is 9.72 Å². The molecular formula is C25H25F8NO3S. The first-order valence-electron chi connectivity index (χ1n) is 11.5. The molecular weight excluding hydrogens is 546 g/mol. The second-order valence-corrected chi connectivity index (χ2v) is 9.89. The Bertz CT molecular complexity index is 1140. The quantitative estimate of drug-likeness (QED) is 0.232. The fourth-order valence-corrected chi connectivity index (χ4v) is 4.92. The molecule has 38 heavy (non-hydrogen) atoms. The van der Waals surface area contributed by atoms with Gasteiger partial charge >= 0.3 is 24.6 Å². The van der Waals surface area contributed by atoms with Crippen LogP contribution in [0.4, 0.5) is 35.1 Å². The van der Waals surface area contributed by atoms with Crippen molar-refractivity contribution in [3.8, 4) is 11.5 Å². The van der Waals surface area contributed by atoms with Crippen molar-refractivity contribution in [1.82, 2.24) is 4.98 Å². The summed E-state index contributed by atoms with van der Waals surface area (Å²) in [5, 5.41) is 8.21. The Hall–Kier alpha value is -2.67. The molecule has 0 radical (unpaired) electrons. The van der Waals surface area contributed by atoms with Gasteiger partial charge in [0.1, 0.15) is 5.01 Å². The highest BCUT2D eigenvalue weighted by atomic mass is 32.1. The molecule has 1 atom stereocenters. The van der Waals surface area contributed by atoms with Gasteiger partial charge in [0.25, 0.3) is 0 Å². The Balaban J connectivity index is 2.10. The molecule has 1 fully saturated rings. The highest BCUT2D eigenvalue weighted by molar-refractivity contribution is 7.11. The van der Waals surface area contributed by atoms with Crippen LogP contribution in [0.15, 0.2) is 48.2 Å². The van der Waals surface area contributed by atoms with Crippen LogP contribution in [0.5, 0.6) is 11.5 Å². The predicted molar refractivity (Wildman–Crippen MR) is 124 cm³/mol. The summed E-state index contributed by atoms with van der Waals surface area (Å²) in [5.41, 5.74) is -4.07. The maximum atomic E-state index is 13.4. The van der Waals surface area contributed by atoms with Crippen molar-refractivity contribution in [2.24, 2.45) is 0 Å². The van der Waals surface area contributed by atoms with E-state index in [4.69, 9.17) is 4.74 Å². The number of thiazole rings is 1. The highest BCUT2D eigenvalue weighted by Gasteiger charge is 2.73. The average Bonchev–Trinajstić information content (AvgIpc) is 3.27. The van der Waals surface area contributed by atoms with Crippen LogP contribution in [0.25, 0.3) is 0 Å². The third kappa shape index (κ3) is 6.48. The third-order valence-corrected chi connectivity index (χ3v) is 7.25. The summed E-state index contributed by atoms with van der Waals surface area (Å²) >= 11 is 0.0742. The van der Waals surface area contributed by atoms with Crippen LogP contribution < -0.4 is 9.47 Å². The Morgan fingerprint density at radius 2 is 1.79 bits per heavy atom. The predicted octanol–water partition coefficient (Wildman–Crippen LogP) is 8.03. The number of aliphatic hydroxyl groups is 1. The number of hydrogen-bond acceptors (Lipinski definition) is 5. The zero-order chi connectivity index (χ0) is 28.3. The molecule has 2 aromatic rings. The number of ether oxygens (including phenoxy) is 2. The SMILES string of the molecule is C/C=C\C=C(/C)CC(c1ccc(OC(F)F)c(OC2CCC2)c1)c1cnc(C(O)(C(F)(F)F)C(F)(F)F)s1. The van der Waals surface area contributed by atoms with E-state index < -0.39 is 35.5 Å². The summed E-state index contributed by atoms with van der Waals surface area (Å²) in [4.78, 5) is 3.32. The van der Waals surface area contributed by atoms with E-state index in [1.54, 1.807) is 32.1 Å². The molecule has 1 aliphatic rings. The van der Waals surface area contributed by atoms with Gasteiger partial charge in [-0.3, -0.25) is 0 Å². The molecule has 0 bridgehead atoms. The smallest absolute Gasteiger partial charge is 0.433 e. The van der Waals surface area contributed by atoms with Crippen LogP contribution in [0.2, 0.25) is 0 Å². The van der Waals surface area contributed by atoms with Crippen LogP contribution in [0.3, 0.4) is 0 Å². The van der Waals surface area contributed by atoms with E-state index in [1.807, 2.05) is 0 Å². The summed E-state index contributed by atoms with van der Waals surface area (Å²) in [6.45, 7) is 0.340. The molecule has 3 rings (SSSR count). The highest BCUT2D eigenvalue weighted by Crippen LogP contribution is 2.52. The molecule has 1 aliphatic carbocycles. The van der Waals surface area contributed by atoms with Crippen molar-refractivity contribution >= 4 is 11.3 Å². The summed E-state index contributed by atoms with van der Waals surface area (Å²) in [6, 6.07) is 4.00. The molecule has 0 aliphatic heterocycles. The second kappa shape index (κ2) is 11.6. The summed E-state index contributed by atoms with van der Waals surface area (Å²) < 4.78 is 117. The fourth-order valence-electron chi connectivity index (χ4n) is 3.75. The number of alkyl halides is 8.